The van der Waals surface area contributed by atoms with Crippen LogP contribution in [0.4, 0.5) is 34.1 Å². The molecule has 2 aromatic heterocycles. The van der Waals surface area contributed by atoms with Gasteiger partial charge in [0.2, 0.25) is 0 Å². The SMILES string of the molecule is c1ccc(-n2c3ccccc3c3c(-c4cccc(-c5ccccc5N(c5cc6ccccc6c6ccccc56)c5cc6cc(-c7ccc(-n8c9ccccc9c9c(-c%10cccc(-c%11ccccc%11N(c%11ccc%12ccccc%12c%11)c%11cc%12ccccc%12c%12ccccc%11%12)c%10)cccc98)cc7)ccc6c6ccccc56)c4)cccc32)cc1. The molecule has 0 amide bonds. The van der Waals surface area contributed by atoms with Gasteiger partial charge >= 0.3 is 0 Å². The number of nitrogens with zero attached hydrogens (tertiary/aromatic N) is 4. The molecular weight excluding hydrogens is 1400 g/mol. The first-order valence-electron chi connectivity index (χ1n) is 40.0. The predicted molar refractivity (Wildman–Crippen MR) is 494 cm³/mol. The van der Waals surface area contributed by atoms with Gasteiger partial charge in [0.15, 0.2) is 0 Å². The molecule has 4 heteroatoms. The standard InChI is InChI=1S/C112H72N4/c1-2-36-84(37-3-1)113-104-54-22-18-48-100(104)111-92(50-26-56-106(111)113)80-35-25-33-78(68-80)91-41-17-21-53-103(91)116(109-71-82-31-7-9-39-88(82)95-43-11-14-46-98(95)109)110-72-83-66-76(61-65-89(83)96-44-12-15-47-99(96)110)74-58-62-85(63-59-74)114-105-55-23-19-49-101(105)112-93(51-27-57-107(112)114)79-34-24-32-77(67-79)90-40-16-20-52-102(90)115(86-64-60-73-28-4-5-29-75(73)69-86)108-70-81-30-6-8-38-87(81)94-42-10-13-45-97(94)108/h1-72H. The number of para-hydroxylation sites is 5. The van der Waals surface area contributed by atoms with Crippen LogP contribution in [0.1, 0.15) is 0 Å². The number of hydrogen-bond donors (Lipinski definition) is 0. The van der Waals surface area contributed by atoms with Gasteiger partial charge in [0, 0.05) is 65.9 Å². The van der Waals surface area contributed by atoms with Gasteiger partial charge in [-0.15, -0.1) is 0 Å². The van der Waals surface area contributed by atoms with Crippen molar-refractivity contribution in [2.24, 2.45) is 0 Å². The minimum Gasteiger partial charge on any atom is -0.309 e. The van der Waals surface area contributed by atoms with Gasteiger partial charge in [0.05, 0.1) is 50.5 Å². The number of aromatic nitrogens is 2. The Morgan fingerprint density at radius 1 is 0.155 bits per heavy atom. The number of rotatable bonds is 13. The summed E-state index contributed by atoms with van der Waals surface area (Å²) in [5.41, 5.74) is 25.0. The molecular formula is C112H72N4. The van der Waals surface area contributed by atoms with E-state index in [9.17, 15) is 0 Å². The Morgan fingerprint density at radius 2 is 0.517 bits per heavy atom. The molecule has 116 heavy (non-hydrogen) atoms. The van der Waals surface area contributed by atoms with E-state index in [-0.39, 0.29) is 0 Å². The number of hydrogen-bond acceptors (Lipinski definition) is 2. The Bertz CT molecular complexity index is 7920. The summed E-state index contributed by atoms with van der Waals surface area (Å²) in [5.74, 6) is 0. The van der Waals surface area contributed by atoms with Crippen molar-refractivity contribution in [1.82, 2.24) is 9.13 Å². The highest BCUT2D eigenvalue weighted by Gasteiger charge is 2.27. The van der Waals surface area contributed by atoms with Crippen LogP contribution in [0.3, 0.4) is 0 Å². The maximum Gasteiger partial charge on any atom is 0.0547 e. The molecule has 0 saturated heterocycles. The van der Waals surface area contributed by atoms with Crippen molar-refractivity contribution in [3.63, 3.8) is 0 Å². The molecule has 0 saturated carbocycles. The van der Waals surface area contributed by atoms with E-state index in [0.29, 0.717) is 0 Å². The molecule has 0 fully saturated rings. The minimum atomic E-state index is 1.08. The molecule has 0 bridgehead atoms. The fourth-order valence-electron chi connectivity index (χ4n) is 19.0. The minimum absolute atomic E-state index is 1.08. The molecule has 21 aromatic carbocycles. The maximum absolute atomic E-state index is 2.57. The molecule has 0 aliphatic heterocycles. The average molecular weight is 1470 g/mol. The van der Waals surface area contributed by atoms with Crippen molar-refractivity contribution in [1.29, 1.82) is 0 Å². The summed E-state index contributed by atoms with van der Waals surface area (Å²) in [6, 6.07) is 162. The first-order chi connectivity index (χ1) is 57.6. The van der Waals surface area contributed by atoms with Crippen LogP contribution in [0.5, 0.6) is 0 Å². The largest absolute Gasteiger partial charge is 0.309 e. The number of anilines is 6. The second-order valence-electron chi connectivity index (χ2n) is 30.6. The third-order valence-corrected chi connectivity index (χ3v) is 24.2. The summed E-state index contributed by atoms with van der Waals surface area (Å²) in [6.45, 7) is 0. The number of fused-ring (bicyclic) bond motifs is 16. The zero-order valence-corrected chi connectivity index (χ0v) is 63.4. The molecule has 0 N–H and O–H groups in total. The van der Waals surface area contributed by atoms with Gasteiger partial charge in [0.25, 0.3) is 0 Å². The van der Waals surface area contributed by atoms with E-state index in [1.165, 1.54) is 108 Å². The lowest BCUT2D eigenvalue weighted by Gasteiger charge is -2.31. The first-order valence-corrected chi connectivity index (χ1v) is 40.0. The van der Waals surface area contributed by atoms with Crippen LogP contribution in [0.25, 0.3) is 186 Å². The van der Waals surface area contributed by atoms with Gasteiger partial charge in [-0.25, -0.2) is 0 Å². The summed E-state index contributed by atoms with van der Waals surface area (Å²) < 4.78 is 4.86. The van der Waals surface area contributed by atoms with Gasteiger partial charge in [0.1, 0.15) is 0 Å². The Balaban J connectivity index is 0.637. The van der Waals surface area contributed by atoms with Crippen LogP contribution in [0.2, 0.25) is 0 Å². The molecule has 0 aliphatic rings. The Morgan fingerprint density at radius 3 is 1.05 bits per heavy atom. The van der Waals surface area contributed by atoms with Crippen LogP contribution < -0.4 is 9.80 Å². The van der Waals surface area contributed by atoms with Crippen LogP contribution in [-0.2, 0) is 0 Å². The van der Waals surface area contributed by atoms with Gasteiger partial charge < -0.3 is 18.9 Å². The lowest BCUT2D eigenvalue weighted by atomic mass is 9.93. The van der Waals surface area contributed by atoms with Crippen LogP contribution >= 0.6 is 0 Å². The highest BCUT2D eigenvalue weighted by atomic mass is 15.2. The maximum atomic E-state index is 2.57. The van der Waals surface area contributed by atoms with Crippen molar-refractivity contribution in [3.8, 4) is 67.0 Å². The Kier molecular flexibility index (Phi) is 15.6. The van der Waals surface area contributed by atoms with E-state index in [1.54, 1.807) is 0 Å². The van der Waals surface area contributed by atoms with E-state index in [0.717, 1.165) is 112 Å². The fraction of sp³-hybridized carbons (Fsp3) is 0. The van der Waals surface area contributed by atoms with Crippen molar-refractivity contribution in [3.05, 3.63) is 437 Å². The molecule has 0 spiro atoms. The Labute approximate surface area is 671 Å². The molecule has 0 aliphatic carbocycles. The molecule has 23 rings (SSSR count). The van der Waals surface area contributed by atoms with Gasteiger partial charge in [-0.3, -0.25) is 0 Å². The topological polar surface area (TPSA) is 16.3 Å². The van der Waals surface area contributed by atoms with Crippen molar-refractivity contribution in [2.45, 2.75) is 0 Å². The predicted octanol–water partition coefficient (Wildman–Crippen LogP) is 31.2. The van der Waals surface area contributed by atoms with Crippen molar-refractivity contribution < 1.29 is 0 Å². The zero-order chi connectivity index (χ0) is 76.3. The zero-order valence-electron chi connectivity index (χ0n) is 63.4. The van der Waals surface area contributed by atoms with E-state index >= 15 is 0 Å². The van der Waals surface area contributed by atoms with E-state index in [4.69, 9.17) is 0 Å². The molecule has 23 aromatic rings. The number of benzene rings is 21. The Hall–Kier alpha value is -15.4. The quantitative estimate of drug-likeness (QED) is 0.107. The molecule has 0 unspecified atom stereocenters. The van der Waals surface area contributed by atoms with E-state index in [2.05, 4.69) is 456 Å². The van der Waals surface area contributed by atoms with E-state index in [1.807, 2.05) is 0 Å². The first kappa shape index (κ1) is 66.4. The van der Waals surface area contributed by atoms with Gasteiger partial charge in [-0.2, -0.15) is 0 Å². The highest BCUT2D eigenvalue weighted by molar-refractivity contribution is 6.22. The molecule has 2 heterocycles. The second kappa shape index (κ2) is 27.2. The summed E-state index contributed by atoms with van der Waals surface area (Å²) in [6.07, 6.45) is 0. The van der Waals surface area contributed by atoms with Crippen LogP contribution in [0, 0.1) is 0 Å². The monoisotopic (exact) mass is 1470 g/mol. The summed E-state index contributed by atoms with van der Waals surface area (Å²) in [5, 5.41) is 21.7. The van der Waals surface area contributed by atoms with Gasteiger partial charge in [-0.1, -0.05) is 328 Å². The van der Waals surface area contributed by atoms with Crippen LogP contribution in [-0.4, -0.2) is 9.13 Å². The van der Waals surface area contributed by atoms with Crippen LogP contribution in [0.15, 0.2) is 437 Å². The van der Waals surface area contributed by atoms with Crippen molar-refractivity contribution >= 4 is 153 Å². The summed E-state index contributed by atoms with van der Waals surface area (Å²) in [7, 11) is 0. The summed E-state index contributed by atoms with van der Waals surface area (Å²) >= 11 is 0. The molecule has 540 valence electrons. The lowest BCUT2D eigenvalue weighted by Crippen LogP contribution is -2.12. The second-order valence-corrected chi connectivity index (χ2v) is 30.6. The molecule has 0 radical (unpaired) electrons. The third-order valence-electron chi connectivity index (χ3n) is 24.2. The fourth-order valence-corrected chi connectivity index (χ4v) is 19.0. The van der Waals surface area contributed by atoms with E-state index < -0.39 is 0 Å². The highest BCUT2D eigenvalue weighted by Crippen LogP contribution is 2.52. The van der Waals surface area contributed by atoms with Gasteiger partial charge in [-0.05, 0) is 213 Å². The lowest BCUT2D eigenvalue weighted by molar-refractivity contribution is 1.18. The summed E-state index contributed by atoms with van der Waals surface area (Å²) in [4.78, 5) is 5.05. The average Bonchev–Trinajstić information content (AvgIpc) is 1.26. The smallest absolute Gasteiger partial charge is 0.0547 e. The van der Waals surface area contributed by atoms with Crippen molar-refractivity contribution in [2.75, 3.05) is 9.80 Å². The third kappa shape index (κ3) is 10.8. The molecule has 0 atom stereocenters. The molecule has 4 nitrogen and oxygen atoms in total. The normalized spacial score (nSPS) is 11.8.